The first-order valence-electron chi connectivity index (χ1n) is 6.27. The average Bonchev–Trinajstić information content (AvgIpc) is 2.25. The van der Waals surface area contributed by atoms with E-state index in [1.807, 2.05) is 0 Å². The fourth-order valence-corrected chi connectivity index (χ4v) is 1.25. The van der Waals surface area contributed by atoms with Gasteiger partial charge in [-0.25, -0.2) is 0 Å². The first-order chi connectivity index (χ1) is 7.47. The van der Waals surface area contributed by atoms with E-state index in [1.54, 1.807) is 0 Å². The Morgan fingerprint density at radius 2 is 1.81 bits per heavy atom. The van der Waals surface area contributed by atoms with Gasteiger partial charge >= 0.3 is 0 Å². The van der Waals surface area contributed by atoms with Crippen LogP contribution in [0.15, 0.2) is 12.3 Å². The summed E-state index contributed by atoms with van der Waals surface area (Å²) in [5.41, 5.74) is 1.13. The summed E-state index contributed by atoms with van der Waals surface area (Å²) < 4.78 is 0. The van der Waals surface area contributed by atoms with Gasteiger partial charge in [-0.2, -0.15) is 0 Å². The third-order valence-electron chi connectivity index (χ3n) is 3.01. The molecule has 0 unspecified atom stereocenters. The first kappa shape index (κ1) is 15.5. The van der Waals surface area contributed by atoms with E-state index in [0.717, 1.165) is 38.3 Å². The first-order valence-corrected chi connectivity index (χ1v) is 6.27. The van der Waals surface area contributed by atoms with E-state index >= 15 is 0 Å². The lowest BCUT2D eigenvalue weighted by Crippen LogP contribution is -2.37. The van der Waals surface area contributed by atoms with Crippen molar-refractivity contribution in [2.75, 3.05) is 40.3 Å². The SMILES string of the molecule is C=C(CC)NCCN(C)CCN(C)C(C)C. The van der Waals surface area contributed by atoms with Crippen LogP contribution in [0, 0.1) is 0 Å². The zero-order valence-corrected chi connectivity index (χ0v) is 11.7. The number of allylic oxidation sites excluding steroid dienone is 1. The second kappa shape index (κ2) is 8.59. The number of hydrogen-bond donors (Lipinski definition) is 1. The minimum Gasteiger partial charge on any atom is -0.388 e. The molecular formula is C13H29N3. The van der Waals surface area contributed by atoms with Gasteiger partial charge in [0.1, 0.15) is 0 Å². The summed E-state index contributed by atoms with van der Waals surface area (Å²) in [5, 5.41) is 3.32. The molecule has 0 bridgehead atoms. The normalized spacial score (nSPS) is 11.5. The van der Waals surface area contributed by atoms with Crippen LogP contribution in [0.3, 0.4) is 0 Å². The van der Waals surface area contributed by atoms with Crippen molar-refractivity contribution in [2.45, 2.75) is 33.2 Å². The Balaban J connectivity index is 3.51. The topological polar surface area (TPSA) is 18.5 Å². The van der Waals surface area contributed by atoms with Gasteiger partial charge in [0.15, 0.2) is 0 Å². The second-order valence-corrected chi connectivity index (χ2v) is 4.76. The lowest BCUT2D eigenvalue weighted by atomic mass is 10.3. The highest BCUT2D eigenvalue weighted by Gasteiger charge is 2.04. The molecule has 0 aromatic heterocycles. The molecule has 0 aliphatic rings. The van der Waals surface area contributed by atoms with E-state index in [-0.39, 0.29) is 0 Å². The molecule has 0 radical (unpaired) electrons. The van der Waals surface area contributed by atoms with Crippen molar-refractivity contribution in [1.29, 1.82) is 0 Å². The number of nitrogens with zero attached hydrogens (tertiary/aromatic N) is 2. The van der Waals surface area contributed by atoms with Crippen molar-refractivity contribution in [3.63, 3.8) is 0 Å². The van der Waals surface area contributed by atoms with Crippen molar-refractivity contribution in [3.05, 3.63) is 12.3 Å². The highest BCUT2D eigenvalue weighted by molar-refractivity contribution is 4.88. The van der Waals surface area contributed by atoms with Gasteiger partial charge in [0, 0.05) is 37.9 Å². The maximum Gasteiger partial charge on any atom is 0.0271 e. The average molecular weight is 227 g/mol. The summed E-state index contributed by atoms with van der Waals surface area (Å²) in [6.45, 7) is 14.8. The summed E-state index contributed by atoms with van der Waals surface area (Å²) in [7, 11) is 4.35. The molecule has 0 spiro atoms. The van der Waals surface area contributed by atoms with Crippen LogP contribution in [-0.2, 0) is 0 Å². The number of rotatable bonds is 9. The fourth-order valence-electron chi connectivity index (χ4n) is 1.25. The van der Waals surface area contributed by atoms with Crippen LogP contribution in [0.5, 0.6) is 0 Å². The van der Waals surface area contributed by atoms with Crippen LogP contribution in [-0.4, -0.2) is 56.1 Å². The molecule has 96 valence electrons. The Labute approximate surface area is 101 Å². The van der Waals surface area contributed by atoms with Gasteiger partial charge in [-0.1, -0.05) is 13.5 Å². The minimum absolute atomic E-state index is 0.631. The molecule has 16 heavy (non-hydrogen) atoms. The molecule has 0 amide bonds. The van der Waals surface area contributed by atoms with Crippen LogP contribution in [0.4, 0.5) is 0 Å². The number of nitrogens with one attached hydrogen (secondary N) is 1. The molecule has 0 saturated carbocycles. The summed E-state index contributed by atoms with van der Waals surface area (Å²) in [6.07, 6.45) is 1.01. The molecule has 1 N–H and O–H groups in total. The Bertz CT molecular complexity index is 190. The van der Waals surface area contributed by atoms with E-state index in [4.69, 9.17) is 0 Å². The van der Waals surface area contributed by atoms with Gasteiger partial charge in [-0.05, 0) is 34.4 Å². The molecule has 0 aromatic rings. The van der Waals surface area contributed by atoms with Gasteiger partial charge in [-0.3, -0.25) is 0 Å². The standard InChI is InChI=1S/C13H29N3/c1-7-13(4)14-8-9-15(5)10-11-16(6)12(2)3/h12,14H,4,7-11H2,1-3,5-6H3. The highest BCUT2D eigenvalue weighted by Crippen LogP contribution is 1.94. The zero-order valence-electron chi connectivity index (χ0n) is 11.7. The molecule has 0 fully saturated rings. The smallest absolute Gasteiger partial charge is 0.0271 e. The predicted molar refractivity (Wildman–Crippen MR) is 72.7 cm³/mol. The van der Waals surface area contributed by atoms with Crippen LogP contribution >= 0.6 is 0 Å². The lowest BCUT2D eigenvalue weighted by Gasteiger charge is -2.25. The lowest BCUT2D eigenvalue weighted by molar-refractivity contribution is 0.225. The molecule has 3 nitrogen and oxygen atoms in total. The van der Waals surface area contributed by atoms with E-state index < -0.39 is 0 Å². The van der Waals surface area contributed by atoms with Gasteiger partial charge in [0.2, 0.25) is 0 Å². The molecule has 3 heteroatoms. The molecule has 0 aliphatic carbocycles. The molecule has 0 atom stereocenters. The molecule has 0 aromatic carbocycles. The van der Waals surface area contributed by atoms with Gasteiger partial charge in [0.05, 0.1) is 0 Å². The summed E-state index contributed by atoms with van der Waals surface area (Å²) in [6, 6.07) is 0.631. The maximum atomic E-state index is 3.93. The Morgan fingerprint density at radius 3 is 2.31 bits per heavy atom. The van der Waals surface area contributed by atoms with Crippen molar-refractivity contribution >= 4 is 0 Å². The molecular weight excluding hydrogens is 198 g/mol. The summed E-state index contributed by atoms with van der Waals surface area (Å²) in [5.74, 6) is 0. The van der Waals surface area contributed by atoms with E-state index in [9.17, 15) is 0 Å². The third-order valence-corrected chi connectivity index (χ3v) is 3.01. The predicted octanol–water partition coefficient (Wildman–Crippen LogP) is 1.77. The van der Waals surface area contributed by atoms with Crippen LogP contribution < -0.4 is 5.32 Å². The van der Waals surface area contributed by atoms with Crippen molar-refractivity contribution in [1.82, 2.24) is 15.1 Å². The van der Waals surface area contributed by atoms with E-state index in [2.05, 4.69) is 56.6 Å². The van der Waals surface area contributed by atoms with Crippen molar-refractivity contribution in [2.24, 2.45) is 0 Å². The van der Waals surface area contributed by atoms with Crippen LogP contribution in [0.2, 0.25) is 0 Å². The fraction of sp³-hybridized carbons (Fsp3) is 0.846. The molecule has 0 aliphatic heterocycles. The minimum atomic E-state index is 0.631. The van der Waals surface area contributed by atoms with Gasteiger partial charge < -0.3 is 15.1 Å². The Kier molecular flexibility index (Phi) is 8.30. The molecule has 0 heterocycles. The van der Waals surface area contributed by atoms with Gasteiger partial charge in [-0.15, -0.1) is 0 Å². The maximum absolute atomic E-state index is 3.93. The largest absolute Gasteiger partial charge is 0.388 e. The monoisotopic (exact) mass is 227 g/mol. The second-order valence-electron chi connectivity index (χ2n) is 4.76. The third kappa shape index (κ3) is 7.71. The highest BCUT2D eigenvalue weighted by atomic mass is 15.2. The molecule has 0 rings (SSSR count). The Hall–Kier alpha value is -0.540. The van der Waals surface area contributed by atoms with Crippen molar-refractivity contribution < 1.29 is 0 Å². The zero-order chi connectivity index (χ0) is 12.6. The summed E-state index contributed by atoms with van der Waals surface area (Å²) >= 11 is 0. The molecule has 0 saturated heterocycles. The number of likely N-dealkylation sites (N-methyl/N-ethyl adjacent to an activating group) is 2. The van der Waals surface area contributed by atoms with E-state index in [0.29, 0.717) is 6.04 Å². The van der Waals surface area contributed by atoms with Crippen LogP contribution in [0.25, 0.3) is 0 Å². The quantitative estimate of drug-likeness (QED) is 0.648. The van der Waals surface area contributed by atoms with Gasteiger partial charge in [0.25, 0.3) is 0 Å². The Morgan fingerprint density at radius 1 is 1.19 bits per heavy atom. The van der Waals surface area contributed by atoms with Crippen LogP contribution in [0.1, 0.15) is 27.2 Å². The van der Waals surface area contributed by atoms with E-state index in [1.165, 1.54) is 0 Å². The number of hydrogen-bond acceptors (Lipinski definition) is 3. The van der Waals surface area contributed by atoms with Crippen molar-refractivity contribution in [3.8, 4) is 0 Å². The summed E-state index contributed by atoms with van der Waals surface area (Å²) in [4.78, 5) is 4.73.